The minimum absolute atomic E-state index is 0.277. The molecule has 5 nitrogen and oxygen atoms in total. The molecule has 6 heteroatoms. The molecule has 4 rings (SSSR count). The fourth-order valence-corrected chi connectivity index (χ4v) is 3.25. The van der Waals surface area contributed by atoms with Crippen molar-refractivity contribution in [3.63, 3.8) is 0 Å². The van der Waals surface area contributed by atoms with Gasteiger partial charge in [-0.05, 0) is 31.2 Å². The third-order valence-electron chi connectivity index (χ3n) is 4.11. The number of para-hydroxylation sites is 2. The third kappa shape index (κ3) is 2.82. The second kappa shape index (κ2) is 6.61. The molecule has 2 heterocycles. The average molecular weight is 363 g/mol. The lowest BCUT2D eigenvalue weighted by Gasteiger charge is -2.08. The highest BCUT2D eigenvalue weighted by molar-refractivity contribution is 6.34. The van der Waals surface area contributed by atoms with Crippen molar-refractivity contribution in [3.8, 4) is 5.69 Å². The topological polar surface area (TPSA) is 59.8 Å². The van der Waals surface area contributed by atoms with Gasteiger partial charge in [-0.3, -0.25) is 9.78 Å². The van der Waals surface area contributed by atoms with E-state index < -0.39 is 0 Å². The van der Waals surface area contributed by atoms with Gasteiger partial charge in [0.1, 0.15) is 10.7 Å². The number of hydrogen-bond donors (Lipinski definition) is 1. The Hall–Kier alpha value is -3.18. The number of aromatic nitrogens is 3. The van der Waals surface area contributed by atoms with E-state index in [1.807, 2.05) is 60.7 Å². The first-order valence-corrected chi connectivity index (χ1v) is 8.48. The van der Waals surface area contributed by atoms with Crippen LogP contribution in [0.2, 0.25) is 5.15 Å². The lowest BCUT2D eigenvalue weighted by molar-refractivity contribution is 0.102. The van der Waals surface area contributed by atoms with Gasteiger partial charge in [0, 0.05) is 11.6 Å². The van der Waals surface area contributed by atoms with Crippen LogP contribution in [0.15, 0.2) is 66.9 Å². The van der Waals surface area contributed by atoms with Crippen LogP contribution in [0.4, 0.5) is 5.69 Å². The van der Waals surface area contributed by atoms with Gasteiger partial charge in [-0.25, -0.2) is 4.68 Å². The van der Waals surface area contributed by atoms with E-state index in [2.05, 4.69) is 15.4 Å². The van der Waals surface area contributed by atoms with Crippen LogP contribution in [0.25, 0.3) is 16.6 Å². The highest BCUT2D eigenvalue weighted by Gasteiger charge is 2.21. The summed E-state index contributed by atoms with van der Waals surface area (Å²) in [4.78, 5) is 17.2. The van der Waals surface area contributed by atoms with Gasteiger partial charge in [0.15, 0.2) is 0 Å². The van der Waals surface area contributed by atoms with Gasteiger partial charge in [0.25, 0.3) is 5.91 Å². The second-order valence-electron chi connectivity index (χ2n) is 5.83. The molecule has 0 aliphatic rings. The Balaban J connectivity index is 1.72. The van der Waals surface area contributed by atoms with Crippen LogP contribution in [0.5, 0.6) is 0 Å². The van der Waals surface area contributed by atoms with Gasteiger partial charge in [-0.2, -0.15) is 5.10 Å². The largest absolute Gasteiger partial charge is 0.320 e. The third-order valence-corrected chi connectivity index (χ3v) is 4.46. The number of rotatable bonds is 3. The molecule has 0 unspecified atom stereocenters. The minimum Gasteiger partial charge on any atom is -0.320 e. The number of amides is 1. The number of benzene rings is 2. The van der Waals surface area contributed by atoms with E-state index in [1.54, 1.807) is 17.8 Å². The highest BCUT2D eigenvalue weighted by Crippen LogP contribution is 2.26. The Morgan fingerprint density at radius 1 is 1.04 bits per heavy atom. The summed E-state index contributed by atoms with van der Waals surface area (Å²) in [5, 5.41) is 8.55. The number of pyridine rings is 1. The summed E-state index contributed by atoms with van der Waals surface area (Å²) < 4.78 is 1.56. The summed E-state index contributed by atoms with van der Waals surface area (Å²) in [6, 6.07) is 18.9. The van der Waals surface area contributed by atoms with Gasteiger partial charge >= 0.3 is 0 Å². The fraction of sp³-hybridized carbons (Fsp3) is 0.0500. The molecule has 128 valence electrons. The predicted octanol–water partition coefficient (Wildman–Crippen LogP) is 4.63. The molecule has 1 amide bonds. The smallest absolute Gasteiger partial charge is 0.260 e. The molecular weight excluding hydrogens is 348 g/mol. The minimum atomic E-state index is -0.312. The fourth-order valence-electron chi connectivity index (χ4n) is 2.89. The van der Waals surface area contributed by atoms with Crippen molar-refractivity contribution in [2.75, 3.05) is 5.32 Å². The summed E-state index contributed by atoms with van der Waals surface area (Å²) in [5.41, 5.74) is 3.07. The lowest BCUT2D eigenvalue weighted by atomic mass is 10.2. The van der Waals surface area contributed by atoms with E-state index in [-0.39, 0.29) is 11.1 Å². The summed E-state index contributed by atoms with van der Waals surface area (Å²) in [6.45, 7) is 1.77. The van der Waals surface area contributed by atoms with Crippen LogP contribution >= 0.6 is 11.6 Å². The maximum atomic E-state index is 12.9. The van der Waals surface area contributed by atoms with E-state index in [9.17, 15) is 4.79 Å². The molecule has 26 heavy (non-hydrogen) atoms. The van der Waals surface area contributed by atoms with Crippen molar-refractivity contribution in [2.24, 2.45) is 0 Å². The number of carbonyl (C=O) groups is 1. The van der Waals surface area contributed by atoms with Crippen molar-refractivity contribution in [1.82, 2.24) is 14.8 Å². The quantitative estimate of drug-likeness (QED) is 0.577. The number of anilines is 1. The molecule has 0 saturated heterocycles. The van der Waals surface area contributed by atoms with Gasteiger partial charge in [0.05, 0.1) is 22.6 Å². The molecule has 0 radical (unpaired) electrons. The zero-order valence-corrected chi connectivity index (χ0v) is 14.7. The van der Waals surface area contributed by atoms with E-state index in [0.717, 1.165) is 16.6 Å². The maximum absolute atomic E-state index is 12.9. The van der Waals surface area contributed by atoms with Gasteiger partial charge in [-0.15, -0.1) is 0 Å². The van der Waals surface area contributed by atoms with E-state index in [0.29, 0.717) is 16.9 Å². The van der Waals surface area contributed by atoms with Crippen molar-refractivity contribution < 1.29 is 4.79 Å². The maximum Gasteiger partial charge on any atom is 0.260 e. The van der Waals surface area contributed by atoms with E-state index in [4.69, 9.17) is 11.6 Å². The molecule has 0 aliphatic heterocycles. The first kappa shape index (κ1) is 16.3. The van der Waals surface area contributed by atoms with Crippen LogP contribution in [0.1, 0.15) is 16.1 Å². The summed E-state index contributed by atoms with van der Waals surface area (Å²) in [5.74, 6) is -0.312. The number of aryl methyl sites for hydroxylation is 1. The van der Waals surface area contributed by atoms with Crippen LogP contribution in [-0.4, -0.2) is 20.7 Å². The van der Waals surface area contributed by atoms with Gasteiger partial charge in [0.2, 0.25) is 0 Å². The van der Waals surface area contributed by atoms with Crippen LogP contribution in [0, 0.1) is 6.92 Å². The standard InChI is InChI=1S/C20H15ClN4O/c1-13-17(19(21)25(24-13)15-9-3-2-4-10-15)20(26)23-16-11-5-7-14-8-6-12-22-18(14)16/h2-12H,1H3,(H,23,26). The monoisotopic (exact) mass is 362 g/mol. The van der Waals surface area contributed by atoms with Crippen molar-refractivity contribution >= 4 is 34.1 Å². The zero-order valence-electron chi connectivity index (χ0n) is 14.0. The van der Waals surface area contributed by atoms with Crippen molar-refractivity contribution in [3.05, 3.63) is 83.3 Å². The number of hydrogen-bond acceptors (Lipinski definition) is 3. The number of halogens is 1. The summed E-state index contributed by atoms with van der Waals surface area (Å²) >= 11 is 6.47. The SMILES string of the molecule is Cc1nn(-c2ccccc2)c(Cl)c1C(=O)Nc1cccc2cccnc12. The molecule has 4 aromatic rings. The molecular formula is C20H15ClN4O. The average Bonchev–Trinajstić information content (AvgIpc) is 2.97. The Morgan fingerprint density at radius 3 is 2.62 bits per heavy atom. The van der Waals surface area contributed by atoms with Gasteiger partial charge in [-0.1, -0.05) is 48.0 Å². The van der Waals surface area contributed by atoms with Crippen LogP contribution < -0.4 is 5.32 Å². The van der Waals surface area contributed by atoms with Crippen molar-refractivity contribution in [2.45, 2.75) is 6.92 Å². The van der Waals surface area contributed by atoms with Gasteiger partial charge < -0.3 is 5.32 Å². The van der Waals surface area contributed by atoms with E-state index >= 15 is 0 Å². The molecule has 1 N–H and O–H groups in total. The number of fused-ring (bicyclic) bond motifs is 1. The van der Waals surface area contributed by atoms with Crippen LogP contribution in [-0.2, 0) is 0 Å². The van der Waals surface area contributed by atoms with Crippen molar-refractivity contribution in [1.29, 1.82) is 0 Å². The zero-order chi connectivity index (χ0) is 18.1. The molecule has 0 atom stereocenters. The Labute approximate surface area is 155 Å². The Kier molecular flexibility index (Phi) is 4.14. The Morgan fingerprint density at radius 2 is 1.81 bits per heavy atom. The first-order chi connectivity index (χ1) is 12.6. The molecule has 0 aliphatic carbocycles. The highest BCUT2D eigenvalue weighted by atomic mass is 35.5. The summed E-state index contributed by atoms with van der Waals surface area (Å²) in [7, 11) is 0. The molecule has 0 spiro atoms. The molecule has 0 fully saturated rings. The normalized spacial score (nSPS) is 10.8. The first-order valence-electron chi connectivity index (χ1n) is 8.11. The lowest BCUT2D eigenvalue weighted by Crippen LogP contribution is -2.13. The molecule has 2 aromatic heterocycles. The molecule has 0 bridgehead atoms. The second-order valence-corrected chi connectivity index (χ2v) is 6.19. The Bertz CT molecular complexity index is 1100. The molecule has 0 saturated carbocycles. The number of nitrogens with zero attached hydrogens (tertiary/aromatic N) is 3. The summed E-state index contributed by atoms with van der Waals surface area (Å²) in [6.07, 6.45) is 1.70. The van der Waals surface area contributed by atoms with E-state index in [1.165, 1.54) is 0 Å². The predicted molar refractivity (Wildman–Crippen MR) is 103 cm³/mol. The van der Waals surface area contributed by atoms with Crippen LogP contribution in [0.3, 0.4) is 0 Å². The number of carbonyl (C=O) groups excluding carboxylic acids is 1. The number of nitrogens with one attached hydrogen (secondary N) is 1. The molecule has 2 aromatic carbocycles.